The fourth-order valence-corrected chi connectivity index (χ4v) is 4.23. The third kappa shape index (κ3) is 2.97. The highest BCUT2D eigenvalue weighted by Crippen LogP contribution is 2.35. The van der Waals surface area contributed by atoms with Crippen LogP contribution in [0.25, 0.3) is 11.0 Å². The first-order valence-corrected chi connectivity index (χ1v) is 9.07. The highest BCUT2D eigenvalue weighted by atomic mass is 35.5. The Bertz CT molecular complexity index is 855. The smallest absolute Gasteiger partial charge is 0.134 e. The van der Waals surface area contributed by atoms with Crippen molar-refractivity contribution >= 4 is 22.6 Å². The number of aryl methyl sites for hydroxylation is 1. The van der Waals surface area contributed by atoms with Crippen LogP contribution in [0.2, 0.25) is 5.02 Å². The van der Waals surface area contributed by atoms with Crippen LogP contribution in [-0.4, -0.2) is 24.6 Å². The molecule has 0 radical (unpaired) electrons. The number of likely N-dealkylation sites (N-methyl/N-ethyl adjacent to an activating group) is 1. The fraction of sp³-hybridized carbons (Fsp3) is 0.333. The van der Waals surface area contributed by atoms with Crippen LogP contribution in [0, 0.1) is 0 Å². The summed E-state index contributed by atoms with van der Waals surface area (Å²) in [5.74, 6) is 0. The topological polar surface area (TPSA) is 13.1 Å². The minimum absolute atomic E-state index is 0.878. The van der Waals surface area contributed by atoms with Gasteiger partial charge < -0.3 is 8.90 Å². The second-order valence-corrected chi connectivity index (χ2v) is 7.63. The number of halogens is 1. The van der Waals surface area contributed by atoms with E-state index in [1.165, 1.54) is 35.0 Å². The summed E-state index contributed by atoms with van der Waals surface area (Å²) in [6.07, 6.45) is 5.29. The molecule has 1 aromatic heterocycles. The molecule has 0 fully saturated rings. The highest BCUT2D eigenvalue weighted by molar-refractivity contribution is 6.32. The molecule has 2 nitrogen and oxygen atoms in total. The monoisotopic (exact) mass is 340 g/mol. The standard InChI is InChI=1S/C21H23ClNO/c1-23(12-5-8-16-6-3-2-4-7-16)13-11-18-19(22)9-10-20-21(18)17(14-23)15-24-20/h2-4,6-7,9-10,15H,5,8,11-14H2,1H3/q+1. The zero-order valence-electron chi connectivity index (χ0n) is 14.1. The van der Waals surface area contributed by atoms with Gasteiger partial charge >= 0.3 is 0 Å². The summed E-state index contributed by atoms with van der Waals surface area (Å²) in [7, 11) is 2.36. The normalized spacial score (nSPS) is 20.2. The SMILES string of the molecule is C[N+]1(CCCc2ccccc2)CCc2c(Cl)ccc3occ(c23)C1. The first-order chi connectivity index (χ1) is 11.6. The number of hydrogen-bond donors (Lipinski definition) is 0. The molecule has 1 aliphatic rings. The Morgan fingerprint density at radius 2 is 1.96 bits per heavy atom. The Kier molecular flexibility index (Phi) is 4.11. The van der Waals surface area contributed by atoms with Gasteiger partial charge in [-0.3, -0.25) is 0 Å². The molecular formula is C21H23ClNO+. The van der Waals surface area contributed by atoms with E-state index in [9.17, 15) is 0 Å². The van der Waals surface area contributed by atoms with Crippen molar-refractivity contribution in [2.45, 2.75) is 25.8 Å². The molecule has 0 amide bonds. The molecule has 4 rings (SSSR count). The molecule has 3 heteroatoms. The molecule has 1 aliphatic heterocycles. The van der Waals surface area contributed by atoms with E-state index < -0.39 is 0 Å². The zero-order valence-corrected chi connectivity index (χ0v) is 14.9. The molecule has 24 heavy (non-hydrogen) atoms. The predicted octanol–water partition coefficient (Wildman–Crippen LogP) is 5.22. The van der Waals surface area contributed by atoms with E-state index in [2.05, 4.69) is 37.4 Å². The van der Waals surface area contributed by atoms with Crippen molar-refractivity contribution in [3.8, 4) is 0 Å². The van der Waals surface area contributed by atoms with E-state index >= 15 is 0 Å². The van der Waals surface area contributed by atoms with E-state index in [1.807, 2.05) is 18.4 Å². The Labute approximate surface area is 148 Å². The number of nitrogens with zero attached hydrogens (tertiary/aromatic N) is 1. The Morgan fingerprint density at radius 3 is 2.79 bits per heavy atom. The van der Waals surface area contributed by atoms with Gasteiger partial charge in [-0.1, -0.05) is 41.9 Å². The van der Waals surface area contributed by atoms with Crippen LogP contribution in [0.5, 0.6) is 0 Å². The third-order valence-electron chi connectivity index (χ3n) is 5.33. The summed E-state index contributed by atoms with van der Waals surface area (Å²) in [4.78, 5) is 0. The van der Waals surface area contributed by atoms with Gasteiger partial charge in [0.25, 0.3) is 0 Å². The summed E-state index contributed by atoms with van der Waals surface area (Å²) < 4.78 is 6.82. The molecule has 1 atom stereocenters. The van der Waals surface area contributed by atoms with Crippen LogP contribution in [0.3, 0.4) is 0 Å². The molecule has 124 valence electrons. The average Bonchev–Trinajstić information content (AvgIpc) is 2.90. The van der Waals surface area contributed by atoms with Crippen molar-refractivity contribution in [1.29, 1.82) is 0 Å². The average molecular weight is 341 g/mol. The first-order valence-electron chi connectivity index (χ1n) is 8.70. The van der Waals surface area contributed by atoms with Crippen molar-refractivity contribution in [3.05, 3.63) is 70.4 Å². The second-order valence-electron chi connectivity index (χ2n) is 7.22. The molecule has 0 aliphatic carbocycles. The van der Waals surface area contributed by atoms with Crippen molar-refractivity contribution in [1.82, 2.24) is 0 Å². The van der Waals surface area contributed by atoms with Crippen molar-refractivity contribution in [2.75, 3.05) is 20.1 Å². The van der Waals surface area contributed by atoms with Gasteiger partial charge in [0.1, 0.15) is 18.4 Å². The van der Waals surface area contributed by atoms with E-state index in [1.54, 1.807) is 0 Å². The Morgan fingerprint density at radius 1 is 1.12 bits per heavy atom. The summed E-state index contributed by atoms with van der Waals surface area (Å²) >= 11 is 6.47. The van der Waals surface area contributed by atoms with Crippen LogP contribution < -0.4 is 0 Å². The zero-order chi connectivity index (χ0) is 16.6. The minimum Gasteiger partial charge on any atom is -0.464 e. The van der Waals surface area contributed by atoms with Crippen LogP contribution >= 0.6 is 11.6 Å². The molecule has 1 unspecified atom stereocenters. The van der Waals surface area contributed by atoms with Gasteiger partial charge in [0.2, 0.25) is 0 Å². The molecule has 0 saturated carbocycles. The molecule has 3 aromatic rings. The van der Waals surface area contributed by atoms with Gasteiger partial charge in [-0.2, -0.15) is 0 Å². The lowest BCUT2D eigenvalue weighted by Crippen LogP contribution is -2.44. The van der Waals surface area contributed by atoms with Gasteiger partial charge in [0.05, 0.1) is 25.7 Å². The highest BCUT2D eigenvalue weighted by Gasteiger charge is 2.29. The molecular weight excluding hydrogens is 318 g/mol. The summed E-state index contributed by atoms with van der Waals surface area (Å²) in [5.41, 5.74) is 4.98. The first kappa shape index (κ1) is 15.7. The molecule has 2 aromatic carbocycles. The van der Waals surface area contributed by atoms with Crippen LogP contribution in [0.1, 0.15) is 23.1 Å². The lowest BCUT2D eigenvalue weighted by atomic mass is 10.1. The Balaban J connectivity index is 1.52. The minimum atomic E-state index is 0.878. The van der Waals surface area contributed by atoms with Crippen molar-refractivity contribution in [3.63, 3.8) is 0 Å². The van der Waals surface area contributed by atoms with Crippen LogP contribution in [0.15, 0.2) is 53.1 Å². The third-order valence-corrected chi connectivity index (χ3v) is 5.68. The number of quaternary nitrogens is 1. The maximum Gasteiger partial charge on any atom is 0.134 e. The van der Waals surface area contributed by atoms with E-state index in [4.69, 9.17) is 16.0 Å². The number of benzene rings is 2. The predicted molar refractivity (Wildman–Crippen MR) is 99.3 cm³/mol. The summed E-state index contributed by atoms with van der Waals surface area (Å²) in [6.45, 7) is 3.32. The van der Waals surface area contributed by atoms with Gasteiger partial charge in [-0.15, -0.1) is 0 Å². The Hall–Kier alpha value is -1.77. The van der Waals surface area contributed by atoms with E-state index in [-0.39, 0.29) is 0 Å². The van der Waals surface area contributed by atoms with Gasteiger partial charge in [0.15, 0.2) is 0 Å². The largest absolute Gasteiger partial charge is 0.464 e. The number of rotatable bonds is 4. The maximum absolute atomic E-state index is 6.47. The summed E-state index contributed by atoms with van der Waals surface area (Å²) in [5, 5.41) is 2.13. The second kappa shape index (κ2) is 6.27. The van der Waals surface area contributed by atoms with Gasteiger partial charge in [0, 0.05) is 23.3 Å². The molecule has 0 bridgehead atoms. The maximum atomic E-state index is 6.47. The van der Waals surface area contributed by atoms with Crippen LogP contribution in [-0.2, 0) is 19.4 Å². The lowest BCUT2D eigenvalue weighted by molar-refractivity contribution is -0.922. The molecule has 0 saturated heterocycles. The molecule has 0 N–H and O–H groups in total. The summed E-state index contributed by atoms with van der Waals surface area (Å²) in [6, 6.07) is 14.7. The van der Waals surface area contributed by atoms with Crippen LogP contribution in [0.4, 0.5) is 0 Å². The number of furan rings is 1. The van der Waals surface area contributed by atoms with E-state index in [0.717, 1.165) is 41.0 Å². The van der Waals surface area contributed by atoms with E-state index in [0.29, 0.717) is 0 Å². The van der Waals surface area contributed by atoms with Crippen molar-refractivity contribution in [2.24, 2.45) is 0 Å². The molecule has 2 heterocycles. The van der Waals surface area contributed by atoms with Gasteiger partial charge in [-0.05, 0) is 29.7 Å². The van der Waals surface area contributed by atoms with Crippen molar-refractivity contribution < 1.29 is 8.90 Å². The fourth-order valence-electron chi connectivity index (χ4n) is 3.98. The molecule has 0 spiro atoms. The lowest BCUT2D eigenvalue weighted by Gasteiger charge is -2.33. The quantitative estimate of drug-likeness (QED) is 0.593. The van der Waals surface area contributed by atoms with Gasteiger partial charge in [-0.25, -0.2) is 0 Å². The number of hydrogen-bond acceptors (Lipinski definition) is 1.